The maximum atomic E-state index is 13.0. The van der Waals surface area contributed by atoms with Crippen molar-refractivity contribution in [3.63, 3.8) is 0 Å². The average molecular weight is 440 g/mol. The van der Waals surface area contributed by atoms with Gasteiger partial charge < -0.3 is 14.1 Å². The maximum absolute atomic E-state index is 13.0. The number of nitrogens with zero attached hydrogens (tertiary/aromatic N) is 1. The molecule has 0 N–H and O–H groups in total. The Bertz CT molecular complexity index is 1360. The molecule has 4 heteroatoms. The van der Waals surface area contributed by atoms with Crippen LogP contribution in [0.2, 0.25) is 0 Å². The van der Waals surface area contributed by atoms with E-state index in [0.29, 0.717) is 30.8 Å². The van der Waals surface area contributed by atoms with Gasteiger partial charge in [0.1, 0.15) is 11.3 Å². The Balaban J connectivity index is 1.52. The third kappa shape index (κ3) is 4.02. The van der Waals surface area contributed by atoms with Gasteiger partial charge in [0.15, 0.2) is 6.73 Å². The molecule has 4 nitrogen and oxygen atoms in total. The smallest absolute Gasteiger partial charge is 0.340 e. The zero-order valence-electron chi connectivity index (χ0n) is 19.6. The van der Waals surface area contributed by atoms with Crippen molar-refractivity contribution in [2.75, 3.05) is 11.6 Å². The van der Waals surface area contributed by atoms with Gasteiger partial charge in [-0.25, -0.2) is 4.79 Å². The van der Waals surface area contributed by atoms with Crippen LogP contribution in [0.15, 0.2) is 75.9 Å². The molecule has 0 saturated carbocycles. The lowest BCUT2D eigenvalue weighted by molar-refractivity contribution is 0.289. The number of rotatable bonds is 3. The van der Waals surface area contributed by atoms with Crippen LogP contribution in [0.25, 0.3) is 11.0 Å². The molecular formula is C29H29NO3. The fraction of sp³-hybridized carbons (Fsp3) is 0.276. The van der Waals surface area contributed by atoms with Crippen molar-refractivity contribution >= 4 is 16.7 Å². The predicted octanol–water partition coefficient (Wildman–Crippen LogP) is 6.35. The van der Waals surface area contributed by atoms with E-state index in [1.54, 1.807) is 0 Å². The number of benzene rings is 3. The van der Waals surface area contributed by atoms with Crippen LogP contribution < -0.4 is 15.3 Å². The second kappa shape index (κ2) is 8.11. The fourth-order valence-corrected chi connectivity index (χ4v) is 4.50. The van der Waals surface area contributed by atoms with Gasteiger partial charge in [-0.1, -0.05) is 63.2 Å². The quantitative estimate of drug-likeness (QED) is 0.349. The lowest BCUT2D eigenvalue weighted by atomic mass is 9.87. The molecule has 0 bridgehead atoms. The highest BCUT2D eigenvalue weighted by Gasteiger charge is 2.24. The minimum absolute atomic E-state index is 0.109. The van der Waals surface area contributed by atoms with Crippen LogP contribution in [-0.2, 0) is 18.4 Å². The first kappa shape index (κ1) is 21.3. The second-order valence-corrected chi connectivity index (χ2v) is 9.84. The Hall–Kier alpha value is -3.53. The molecule has 0 aliphatic carbocycles. The standard InChI is InChI=1S/C29H29NO3/c1-19-23-14-15-26-25(27(23)33-28(31)24(19)16-20-8-6-5-7-9-20)17-30(18-32-26)22-12-10-21(11-13-22)29(2,3)4/h5-15H,16-18H2,1-4H3. The second-order valence-electron chi connectivity index (χ2n) is 9.84. The summed E-state index contributed by atoms with van der Waals surface area (Å²) < 4.78 is 12.0. The highest BCUT2D eigenvalue weighted by Crippen LogP contribution is 2.36. The van der Waals surface area contributed by atoms with Crippen molar-refractivity contribution in [1.29, 1.82) is 0 Å². The molecule has 0 saturated heterocycles. The van der Waals surface area contributed by atoms with Crippen LogP contribution in [0.3, 0.4) is 0 Å². The molecule has 3 aromatic carbocycles. The Morgan fingerprint density at radius 3 is 2.36 bits per heavy atom. The molecule has 0 unspecified atom stereocenters. The molecule has 4 aromatic rings. The summed E-state index contributed by atoms with van der Waals surface area (Å²) in [6, 6.07) is 22.7. The molecule has 0 radical (unpaired) electrons. The Kier molecular flexibility index (Phi) is 5.24. The van der Waals surface area contributed by atoms with Crippen LogP contribution >= 0.6 is 0 Å². The fourth-order valence-electron chi connectivity index (χ4n) is 4.50. The Morgan fingerprint density at radius 1 is 0.939 bits per heavy atom. The van der Waals surface area contributed by atoms with Crippen molar-refractivity contribution in [2.24, 2.45) is 0 Å². The molecule has 0 spiro atoms. The molecule has 2 heterocycles. The highest BCUT2D eigenvalue weighted by atomic mass is 16.5. The minimum atomic E-state index is -0.274. The van der Waals surface area contributed by atoms with Gasteiger partial charge in [-0.15, -0.1) is 0 Å². The van der Waals surface area contributed by atoms with E-state index in [9.17, 15) is 4.79 Å². The van der Waals surface area contributed by atoms with Crippen LogP contribution in [0.5, 0.6) is 5.75 Å². The molecule has 168 valence electrons. The van der Waals surface area contributed by atoms with Crippen LogP contribution in [0.4, 0.5) is 5.69 Å². The molecule has 33 heavy (non-hydrogen) atoms. The van der Waals surface area contributed by atoms with Crippen molar-refractivity contribution in [3.8, 4) is 5.75 Å². The summed E-state index contributed by atoms with van der Waals surface area (Å²) in [7, 11) is 0. The van der Waals surface area contributed by atoms with Gasteiger partial charge >= 0.3 is 5.63 Å². The van der Waals surface area contributed by atoms with Crippen LogP contribution in [0.1, 0.15) is 48.6 Å². The monoisotopic (exact) mass is 439 g/mol. The normalized spacial score (nSPS) is 13.6. The van der Waals surface area contributed by atoms with Gasteiger partial charge in [0.2, 0.25) is 0 Å². The largest absolute Gasteiger partial charge is 0.473 e. The number of anilines is 1. The molecule has 0 fully saturated rings. The summed E-state index contributed by atoms with van der Waals surface area (Å²) in [5, 5.41) is 0.966. The van der Waals surface area contributed by atoms with Crippen molar-refractivity contribution in [2.45, 2.75) is 46.1 Å². The third-order valence-corrected chi connectivity index (χ3v) is 6.56. The lowest BCUT2D eigenvalue weighted by Gasteiger charge is -2.31. The summed E-state index contributed by atoms with van der Waals surface area (Å²) >= 11 is 0. The predicted molar refractivity (Wildman–Crippen MR) is 133 cm³/mol. The summed E-state index contributed by atoms with van der Waals surface area (Å²) in [6.45, 7) is 9.74. The van der Waals surface area contributed by atoms with E-state index in [-0.39, 0.29) is 11.0 Å². The van der Waals surface area contributed by atoms with Gasteiger partial charge in [0, 0.05) is 23.1 Å². The van der Waals surface area contributed by atoms with Crippen LogP contribution in [0, 0.1) is 6.92 Å². The van der Waals surface area contributed by atoms with Gasteiger partial charge in [0.05, 0.1) is 12.1 Å². The molecule has 1 aliphatic heterocycles. The Labute approximate surface area is 194 Å². The van der Waals surface area contributed by atoms with Crippen molar-refractivity contribution in [1.82, 2.24) is 0 Å². The molecule has 0 atom stereocenters. The van der Waals surface area contributed by atoms with Crippen molar-refractivity contribution < 1.29 is 9.15 Å². The first-order valence-corrected chi connectivity index (χ1v) is 11.4. The zero-order chi connectivity index (χ0) is 23.2. The minimum Gasteiger partial charge on any atom is -0.473 e. The first-order chi connectivity index (χ1) is 15.8. The number of hydrogen-bond donors (Lipinski definition) is 0. The average Bonchev–Trinajstić information content (AvgIpc) is 2.81. The van der Waals surface area contributed by atoms with E-state index >= 15 is 0 Å². The molecule has 0 amide bonds. The summed E-state index contributed by atoms with van der Waals surface area (Å²) in [4.78, 5) is 15.2. The van der Waals surface area contributed by atoms with E-state index in [0.717, 1.165) is 33.5 Å². The van der Waals surface area contributed by atoms with E-state index in [1.807, 2.05) is 49.4 Å². The first-order valence-electron chi connectivity index (χ1n) is 11.4. The van der Waals surface area contributed by atoms with E-state index in [2.05, 4.69) is 49.9 Å². The zero-order valence-corrected chi connectivity index (χ0v) is 19.6. The molecule has 5 rings (SSSR count). The van der Waals surface area contributed by atoms with Gasteiger partial charge in [-0.05, 0) is 53.3 Å². The van der Waals surface area contributed by atoms with Gasteiger partial charge in [-0.2, -0.15) is 0 Å². The summed E-state index contributed by atoms with van der Waals surface area (Å²) in [5.41, 5.74) is 6.54. The van der Waals surface area contributed by atoms with Crippen LogP contribution in [-0.4, -0.2) is 6.73 Å². The number of aryl methyl sites for hydroxylation is 1. The lowest BCUT2D eigenvalue weighted by Crippen LogP contribution is -2.32. The third-order valence-electron chi connectivity index (χ3n) is 6.56. The molecular weight excluding hydrogens is 410 g/mol. The van der Waals surface area contributed by atoms with E-state index in [4.69, 9.17) is 9.15 Å². The Morgan fingerprint density at radius 2 is 1.67 bits per heavy atom. The number of hydrogen-bond acceptors (Lipinski definition) is 4. The highest BCUT2D eigenvalue weighted by molar-refractivity contribution is 5.86. The maximum Gasteiger partial charge on any atom is 0.340 e. The molecule has 1 aliphatic rings. The van der Waals surface area contributed by atoms with E-state index < -0.39 is 0 Å². The SMILES string of the molecule is Cc1c(Cc2ccccc2)c(=O)oc2c3c(ccc12)OCN(c1ccc(C(C)(C)C)cc1)C3. The van der Waals surface area contributed by atoms with Crippen molar-refractivity contribution in [3.05, 3.63) is 105 Å². The van der Waals surface area contributed by atoms with E-state index in [1.165, 1.54) is 5.56 Å². The van der Waals surface area contributed by atoms with Gasteiger partial charge in [-0.3, -0.25) is 0 Å². The summed E-state index contributed by atoms with van der Waals surface area (Å²) in [6.07, 6.45) is 0.560. The number of fused-ring (bicyclic) bond motifs is 3. The van der Waals surface area contributed by atoms with Gasteiger partial charge in [0.25, 0.3) is 0 Å². The summed E-state index contributed by atoms with van der Waals surface area (Å²) in [5.74, 6) is 0.781. The topological polar surface area (TPSA) is 42.7 Å². The molecule has 1 aromatic heterocycles. The number of ether oxygens (including phenoxy) is 1.